The number of nitrogens with zero attached hydrogens (tertiary/aromatic N) is 3. The fraction of sp³-hybridized carbons (Fsp3) is 0.800. The third-order valence-corrected chi connectivity index (χ3v) is 4.75. The first-order chi connectivity index (χ1) is 9.66. The molecule has 0 bridgehead atoms. The van der Waals surface area contributed by atoms with Crippen molar-refractivity contribution >= 4 is 0 Å². The van der Waals surface area contributed by atoms with Gasteiger partial charge in [0.2, 0.25) is 0 Å². The van der Waals surface area contributed by atoms with Crippen molar-refractivity contribution < 1.29 is 4.74 Å². The monoisotopic (exact) mass is 278 g/mol. The lowest BCUT2D eigenvalue weighted by Crippen LogP contribution is -2.39. The van der Waals surface area contributed by atoms with Crippen LogP contribution < -0.4 is 5.32 Å². The zero-order chi connectivity index (χ0) is 14.0. The van der Waals surface area contributed by atoms with Crippen LogP contribution in [0, 0.1) is 5.41 Å². The van der Waals surface area contributed by atoms with Gasteiger partial charge >= 0.3 is 0 Å². The molecule has 2 fully saturated rings. The van der Waals surface area contributed by atoms with Crippen molar-refractivity contribution in [2.45, 2.75) is 32.4 Å². The van der Waals surface area contributed by atoms with E-state index in [0.29, 0.717) is 5.41 Å². The molecule has 0 amide bonds. The first kappa shape index (κ1) is 14.0. The minimum absolute atomic E-state index is 0.154. The number of hydrogen-bond acceptors (Lipinski definition) is 4. The number of rotatable bonds is 3. The van der Waals surface area contributed by atoms with Crippen LogP contribution in [-0.2, 0) is 11.3 Å². The first-order valence-electron chi connectivity index (χ1n) is 7.67. The zero-order valence-electron chi connectivity index (χ0n) is 12.6. The summed E-state index contributed by atoms with van der Waals surface area (Å²) in [5.74, 6) is 0. The maximum absolute atomic E-state index is 5.87. The van der Waals surface area contributed by atoms with Gasteiger partial charge in [0.25, 0.3) is 0 Å². The van der Waals surface area contributed by atoms with Crippen LogP contribution in [-0.4, -0.2) is 54.3 Å². The highest BCUT2D eigenvalue weighted by atomic mass is 16.5. The molecule has 1 aromatic heterocycles. The quantitative estimate of drug-likeness (QED) is 0.904. The van der Waals surface area contributed by atoms with Crippen LogP contribution in [0.4, 0.5) is 0 Å². The molecule has 3 rings (SSSR count). The van der Waals surface area contributed by atoms with Crippen molar-refractivity contribution in [2.75, 3.05) is 39.8 Å². The van der Waals surface area contributed by atoms with Crippen LogP contribution >= 0.6 is 0 Å². The summed E-state index contributed by atoms with van der Waals surface area (Å²) in [6.07, 6.45) is 6.60. The average molecular weight is 278 g/mol. The summed E-state index contributed by atoms with van der Waals surface area (Å²) in [5.41, 5.74) is 1.60. The van der Waals surface area contributed by atoms with E-state index in [1.54, 1.807) is 0 Å². The summed E-state index contributed by atoms with van der Waals surface area (Å²) >= 11 is 0. The molecule has 1 N–H and O–H groups in total. The lowest BCUT2D eigenvalue weighted by molar-refractivity contribution is 0.0205. The van der Waals surface area contributed by atoms with Gasteiger partial charge in [-0.05, 0) is 38.4 Å². The van der Waals surface area contributed by atoms with Gasteiger partial charge < -0.3 is 19.5 Å². The summed E-state index contributed by atoms with van der Waals surface area (Å²) in [7, 11) is 2.21. The highest BCUT2D eigenvalue weighted by Crippen LogP contribution is 2.33. The van der Waals surface area contributed by atoms with E-state index in [9.17, 15) is 0 Å². The molecule has 20 heavy (non-hydrogen) atoms. The van der Waals surface area contributed by atoms with E-state index in [0.717, 1.165) is 26.2 Å². The molecule has 0 saturated carbocycles. The Bertz CT molecular complexity index is 431. The second-order valence-corrected chi connectivity index (χ2v) is 6.62. The van der Waals surface area contributed by atoms with Crippen LogP contribution in [0.5, 0.6) is 0 Å². The second kappa shape index (κ2) is 5.84. The molecule has 5 nitrogen and oxygen atoms in total. The Kier molecular flexibility index (Phi) is 4.10. The summed E-state index contributed by atoms with van der Waals surface area (Å²) in [6, 6.07) is 0. The van der Waals surface area contributed by atoms with Crippen molar-refractivity contribution in [3.8, 4) is 0 Å². The maximum atomic E-state index is 5.87. The smallest absolute Gasteiger partial charge is 0.111 e. The van der Waals surface area contributed by atoms with E-state index in [2.05, 4.69) is 33.7 Å². The average Bonchev–Trinajstić information content (AvgIpc) is 2.91. The number of morpholine rings is 1. The van der Waals surface area contributed by atoms with Gasteiger partial charge in [0.15, 0.2) is 0 Å². The first-order valence-corrected chi connectivity index (χ1v) is 7.67. The number of nitrogens with one attached hydrogen (secondary N) is 1. The summed E-state index contributed by atoms with van der Waals surface area (Å²) in [5, 5.41) is 3.40. The van der Waals surface area contributed by atoms with Gasteiger partial charge in [0, 0.05) is 19.6 Å². The van der Waals surface area contributed by atoms with Crippen molar-refractivity contribution in [3.05, 3.63) is 18.2 Å². The Balaban J connectivity index is 1.70. The van der Waals surface area contributed by atoms with Crippen molar-refractivity contribution in [3.63, 3.8) is 0 Å². The highest BCUT2D eigenvalue weighted by molar-refractivity contribution is 5.05. The molecule has 3 heterocycles. The van der Waals surface area contributed by atoms with E-state index in [1.165, 1.54) is 31.6 Å². The van der Waals surface area contributed by atoms with Crippen molar-refractivity contribution in [1.82, 2.24) is 19.8 Å². The lowest BCUT2D eigenvalue weighted by Gasteiger charge is -2.38. The van der Waals surface area contributed by atoms with E-state index in [-0.39, 0.29) is 6.10 Å². The van der Waals surface area contributed by atoms with Crippen LogP contribution in [0.3, 0.4) is 0 Å². The van der Waals surface area contributed by atoms with Gasteiger partial charge in [0.05, 0.1) is 24.8 Å². The largest absolute Gasteiger partial charge is 0.369 e. The van der Waals surface area contributed by atoms with E-state index in [4.69, 9.17) is 4.74 Å². The molecule has 0 aromatic carbocycles. The van der Waals surface area contributed by atoms with Crippen molar-refractivity contribution in [1.29, 1.82) is 0 Å². The molecule has 2 aliphatic heterocycles. The molecule has 1 atom stereocenters. The van der Waals surface area contributed by atoms with Crippen LogP contribution in [0.25, 0.3) is 0 Å². The summed E-state index contributed by atoms with van der Waals surface area (Å²) < 4.78 is 8.18. The Morgan fingerprint density at radius 2 is 2.25 bits per heavy atom. The van der Waals surface area contributed by atoms with Crippen LogP contribution in [0.2, 0.25) is 0 Å². The molecule has 112 valence electrons. The maximum Gasteiger partial charge on any atom is 0.111 e. The molecule has 1 unspecified atom stereocenters. The topological polar surface area (TPSA) is 42.3 Å². The number of hydrogen-bond donors (Lipinski definition) is 1. The molecule has 5 heteroatoms. The van der Waals surface area contributed by atoms with Crippen LogP contribution in [0.15, 0.2) is 12.5 Å². The van der Waals surface area contributed by atoms with Gasteiger partial charge in [-0.25, -0.2) is 4.98 Å². The number of likely N-dealkylation sites (tertiary alicyclic amines) is 1. The van der Waals surface area contributed by atoms with E-state index in [1.807, 2.05) is 12.5 Å². The molecule has 2 saturated heterocycles. The fourth-order valence-electron chi connectivity index (χ4n) is 3.21. The number of ether oxygens (including phenoxy) is 1. The minimum Gasteiger partial charge on any atom is -0.369 e. The molecule has 0 radical (unpaired) electrons. The molecule has 0 spiro atoms. The number of aromatic nitrogens is 2. The third kappa shape index (κ3) is 3.05. The minimum atomic E-state index is 0.154. The zero-order valence-corrected chi connectivity index (χ0v) is 12.6. The predicted octanol–water partition coefficient (Wildman–Crippen LogP) is 1.28. The summed E-state index contributed by atoms with van der Waals surface area (Å²) in [4.78, 5) is 6.78. The Morgan fingerprint density at radius 1 is 1.45 bits per heavy atom. The van der Waals surface area contributed by atoms with Gasteiger partial charge in [-0.3, -0.25) is 0 Å². The number of imidazole rings is 1. The van der Waals surface area contributed by atoms with Crippen molar-refractivity contribution in [2.24, 2.45) is 5.41 Å². The fourth-order valence-corrected chi connectivity index (χ4v) is 3.21. The van der Waals surface area contributed by atoms with E-state index >= 15 is 0 Å². The summed E-state index contributed by atoms with van der Waals surface area (Å²) in [6.45, 7) is 8.49. The Morgan fingerprint density at radius 3 is 2.95 bits per heavy atom. The predicted molar refractivity (Wildman–Crippen MR) is 78.6 cm³/mol. The molecule has 2 aliphatic rings. The van der Waals surface area contributed by atoms with Gasteiger partial charge in [-0.2, -0.15) is 0 Å². The van der Waals surface area contributed by atoms with E-state index < -0.39 is 0 Å². The van der Waals surface area contributed by atoms with Gasteiger partial charge in [-0.1, -0.05) is 6.92 Å². The Hall–Kier alpha value is -0.910. The third-order valence-electron chi connectivity index (χ3n) is 4.75. The Labute approximate surface area is 121 Å². The molecule has 0 aliphatic carbocycles. The molecule has 1 aromatic rings. The van der Waals surface area contributed by atoms with Crippen LogP contribution in [0.1, 0.15) is 31.6 Å². The SMILES string of the molecule is CN1CCC(C)(Cn2cncc2C2CNCCO2)CC1. The van der Waals surface area contributed by atoms with Gasteiger partial charge in [0.1, 0.15) is 6.10 Å². The highest BCUT2D eigenvalue weighted by Gasteiger charge is 2.30. The number of piperidine rings is 1. The lowest BCUT2D eigenvalue weighted by atomic mass is 9.80. The molecular weight excluding hydrogens is 252 g/mol. The van der Waals surface area contributed by atoms with Gasteiger partial charge in [-0.15, -0.1) is 0 Å². The normalized spacial score (nSPS) is 27.6. The standard InChI is InChI=1S/C15H26N4O/c1-15(3-6-18(2)7-4-15)11-19-12-17-9-13(19)14-10-16-5-8-20-14/h9,12,14,16H,3-8,10-11H2,1-2H3. The molecular formula is C15H26N4O. The second-order valence-electron chi connectivity index (χ2n) is 6.62.